The molecule has 180 valence electrons. The second kappa shape index (κ2) is 10.0. The monoisotopic (exact) mass is 484 g/mol. The van der Waals surface area contributed by atoms with Gasteiger partial charge in [0.2, 0.25) is 0 Å². The Balaban J connectivity index is 1.31. The van der Waals surface area contributed by atoms with Crippen molar-refractivity contribution in [3.63, 3.8) is 0 Å². The Morgan fingerprint density at radius 3 is 2.50 bits per heavy atom. The molecule has 1 amide bonds. The van der Waals surface area contributed by atoms with Crippen molar-refractivity contribution in [2.24, 2.45) is 5.92 Å². The van der Waals surface area contributed by atoms with Crippen molar-refractivity contribution in [1.29, 1.82) is 0 Å². The number of ether oxygens (including phenoxy) is 1. The van der Waals surface area contributed by atoms with Gasteiger partial charge in [-0.05, 0) is 63.8 Å². The number of fused-ring (bicyclic) bond motifs is 1. The van der Waals surface area contributed by atoms with Gasteiger partial charge in [-0.3, -0.25) is 9.59 Å². The molecule has 2 unspecified atom stereocenters. The number of benzene rings is 1. The van der Waals surface area contributed by atoms with Crippen LogP contribution in [-0.2, 0) is 14.3 Å². The van der Waals surface area contributed by atoms with E-state index in [4.69, 9.17) is 4.74 Å². The highest BCUT2D eigenvalue weighted by Crippen LogP contribution is 2.35. The molecule has 2 atom stereocenters. The zero-order valence-corrected chi connectivity index (χ0v) is 20.6. The van der Waals surface area contributed by atoms with Gasteiger partial charge in [-0.25, -0.2) is 14.4 Å². The molecule has 9 heteroatoms. The molecule has 3 aromatic rings. The summed E-state index contributed by atoms with van der Waals surface area (Å²) in [6, 6.07) is 5.61. The van der Waals surface area contributed by atoms with E-state index in [0.29, 0.717) is 25.9 Å². The summed E-state index contributed by atoms with van der Waals surface area (Å²) in [5, 5.41) is 3.91. The number of amides is 1. The molecule has 1 aliphatic rings. The molecule has 1 aliphatic heterocycles. The molecule has 0 bridgehead atoms. The lowest BCUT2D eigenvalue weighted by Crippen LogP contribution is -2.41. The van der Waals surface area contributed by atoms with Crippen LogP contribution >= 0.6 is 11.3 Å². The maximum atomic E-state index is 13.1. The largest absolute Gasteiger partial charge is 0.452 e. The molecule has 0 radical (unpaired) electrons. The van der Waals surface area contributed by atoms with Crippen molar-refractivity contribution < 1.29 is 18.7 Å². The van der Waals surface area contributed by atoms with Crippen LogP contribution in [0.3, 0.4) is 0 Å². The minimum Gasteiger partial charge on any atom is -0.452 e. The minimum absolute atomic E-state index is 0.261. The zero-order chi connectivity index (χ0) is 24.4. The van der Waals surface area contributed by atoms with Gasteiger partial charge in [0.1, 0.15) is 22.8 Å². The van der Waals surface area contributed by atoms with Crippen LogP contribution in [0.5, 0.6) is 0 Å². The molecule has 0 spiro atoms. The van der Waals surface area contributed by atoms with E-state index >= 15 is 0 Å². The van der Waals surface area contributed by atoms with Crippen molar-refractivity contribution in [1.82, 2.24) is 15.3 Å². The first kappa shape index (κ1) is 24.1. The summed E-state index contributed by atoms with van der Waals surface area (Å²) in [6.45, 7) is 8.92. The standard InChI is InChI=1S/C25H29FN4O3S/c1-14-17(4)34-24-21(14)22(27-13-28-24)30-11-9-19(10-12-30)25(32)33-16(3)23(31)29-15(2)18-5-7-20(26)8-6-18/h5-8,13,15-16,19H,9-12H2,1-4H3,(H,29,31). The normalized spacial score (nSPS) is 16.3. The van der Waals surface area contributed by atoms with Gasteiger partial charge in [-0.2, -0.15) is 0 Å². The number of carbonyl (C=O) groups excluding carboxylic acids is 2. The average molecular weight is 485 g/mol. The molecular formula is C25H29FN4O3S. The van der Waals surface area contributed by atoms with Crippen molar-refractivity contribution in [2.75, 3.05) is 18.0 Å². The first-order valence-corrected chi connectivity index (χ1v) is 12.3. The molecule has 0 aliphatic carbocycles. The van der Waals surface area contributed by atoms with Gasteiger partial charge in [0.15, 0.2) is 6.10 Å². The average Bonchev–Trinajstić information content (AvgIpc) is 3.13. The molecule has 1 aromatic carbocycles. The molecule has 2 aromatic heterocycles. The molecule has 1 fully saturated rings. The second-order valence-electron chi connectivity index (χ2n) is 8.78. The summed E-state index contributed by atoms with van der Waals surface area (Å²) >= 11 is 1.67. The number of thiophene rings is 1. The van der Waals surface area contributed by atoms with Gasteiger partial charge in [-0.1, -0.05) is 12.1 Å². The fraction of sp³-hybridized carbons (Fsp3) is 0.440. The first-order chi connectivity index (χ1) is 16.2. The molecule has 3 heterocycles. The molecule has 1 N–H and O–H groups in total. The number of esters is 1. The van der Waals surface area contributed by atoms with E-state index in [1.54, 1.807) is 43.6 Å². The van der Waals surface area contributed by atoms with Crippen LogP contribution in [0.1, 0.15) is 48.7 Å². The maximum absolute atomic E-state index is 13.1. The van der Waals surface area contributed by atoms with Gasteiger partial charge in [0.25, 0.3) is 5.91 Å². The van der Waals surface area contributed by atoms with Crippen LogP contribution in [0.2, 0.25) is 0 Å². The van der Waals surface area contributed by atoms with Crippen LogP contribution < -0.4 is 10.2 Å². The Hall–Kier alpha value is -3.07. The SMILES string of the molecule is Cc1sc2ncnc(N3CCC(C(=O)OC(C)C(=O)NC(C)c4ccc(F)cc4)CC3)c2c1C. The first-order valence-electron chi connectivity index (χ1n) is 11.5. The third-order valence-corrected chi connectivity index (χ3v) is 7.58. The van der Waals surface area contributed by atoms with Crippen molar-refractivity contribution in [3.05, 3.63) is 52.4 Å². The number of aromatic nitrogens is 2. The van der Waals surface area contributed by atoms with Crippen LogP contribution in [0, 0.1) is 25.6 Å². The number of carbonyl (C=O) groups is 2. The van der Waals surface area contributed by atoms with Crippen molar-refractivity contribution >= 4 is 39.2 Å². The van der Waals surface area contributed by atoms with Gasteiger partial charge in [-0.15, -0.1) is 11.3 Å². The van der Waals surface area contributed by atoms with Crippen LogP contribution in [0.4, 0.5) is 10.2 Å². The van der Waals surface area contributed by atoms with Crippen LogP contribution in [0.15, 0.2) is 30.6 Å². The smallest absolute Gasteiger partial charge is 0.309 e. The number of aryl methyl sites for hydroxylation is 2. The summed E-state index contributed by atoms with van der Waals surface area (Å²) in [5.74, 6) is -0.411. The topological polar surface area (TPSA) is 84.4 Å². The molecule has 7 nitrogen and oxygen atoms in total. The van der Waals surface area contributed by atoms with Gasteiger partial charge in [0.05, 0.1) is 17.3 Å². The molecular weight excluding hydrogens is 455 g/mol. The van der Waals surface area contributed by atoms with Crippen LogP contribution in [0.25, 0.3) is 10.2 Å². The number of hydrogen-bond donors (Lipinski definition) is 1. The highest BCUT2D eigenvalue weighted by atomic mass is 32.1. The fourth-order valence-corrected chi connectivity index (χ4v) is 5.21. The fourth-order valence-electron chi connectivity index (χ4n) is 4.22. The van der Waals surface area contributed by atoms with E-state index in [9.17, 15) is 14.0 Å². The highest BCUT2D eigenvalue weighted by Gasteiger charge is 2.30. The van der Waals surface area contributed by atoms with E-state index in [1.807, 2.05) is 0 Å². The number of nitrogens with zero attached hydrogens (tertiary/aromatic N) is 3. The lowest BCUT2D eigenvalue weighted by Gasteiger charge is -2.32. The summed E-state index contributed by atoms with van der Waals surface area (Å²) in [4.78, 5) is 38.6. The Bertz CT molecular complexity index is 1190. The number of piperidine rings is 1. The van der Waals surface area contributed by atoms with E-state index in [2.05, 4.69) is 34.0 Å². The molecule has 34 heavy (non-hydrogen) atoms. The van der Waals surface area contributed by atoms with E-state index in [-0.39, 0.29) is 29.7 Å². The molecule has 0 saturated carbocycles. The van der Waals surface area contributed by atoms with Gasteiger partial charge < -0.3 is 15.0 Å². The Kier molecular flexibility index (Phi) is 7.11. The number of halogens is 1. The number of hydrogen-bond acceptors (Lipinski definition) is 7. The Labute approximate surface area is 202 Å². The third-order valence-electron chi connectivity index (χ3n) is 6.46. The summed E-state index contributed by atoms with van der Waals surface area (Å²) in [6.07, 6.45) is 1.95. The predicted octanol–water partition coefficient (Wildman–Crippen LogP) is 4.47. The summed E-state index contributed by atoms with van der Waals surface area (Å²) in [7, 11) is 0. The maximum Gasteiger partial charge on any atom is 0.309 e. The Morgan fingerprint density at radius 1 is 1.15 bits per heavy atom. The highest BCUT2D eigenvalue weighted by molar-refractivity contribution is 7.18. The van der Waals surface area contributed by atoms with E-state index < -0.39 is 6.10 Å². The van der Waals surface area contributed by atoms with E-state index in [1.165, 1.54) is 22.6 Å². The predicted molar refractivity (Wildman–Crippen MR) is 130 cm³/mol. The van der Waals surface area contributed by atoms with Crippen LogP contribution in [-0.4, -0.2) is 41.0 Å². The van der Waals surface area contributed by atoms with Crippen molar-refractivity contribution in [2.45, 2.75) is 52.7 Å². The molecule has 1 saturated heterocycles. The second-order valence-corrected chi connectivity index (χ2v) is 9.99. The number of nitrogens with one attached hydrogen (secondary N) is 1. The number of anilines is 1. The number of rotatable bonds is 6. The van der Waals surface area contributed by atoms with Gasteiger partial charge >= 0.3 is 5.97 Å². The third kappa shape index (κ3) is 5.04. The summed E-state index contributed by atoms with van der Waals surface area (Å²) in [5.41, 5.74) is 1.97. The molecule has 4 rings (SSSR count). The zero-order valence-electron chi connectivity index (χ0n) is 19.8. The minimum atomic E-state index is -0.911. The van der Waals surface area contributed by atoms with Crippen molar-refractivity contribution in [3.8, 4) is 0 Å². The van der Waals surface area contributed by atoms with Gasteiger partial charge in [0, 0.05) is 18.0 Å². The van der Waals surface area contributed by atoms with E-state index in [0.717, 1.165) is 21.6 Å². The lowest BCUT2D eigenvalue weighted by molar-refractivity contribution is -0.159. The lowest BCUT2D eigenvalue weighted by atomic mass is 9.96. The quantitative estimate of drug-likeness (QED) is 0.520. The Morgan fingerprint density at radius 2 is 1.82 bits per heavy atom. The summed E-state index contributed by atoms with van der Waals surface area (Å²) < 4.78 is 18.6.